The predicted octanol–water partition coefficient (Wildman–Crippen LogP) is 4.63. The SMILES string of the molecule is c1ccc2oc(-c3ccc(-c4ccc(N5CCNCC5)s4)cc3)nc2c1. The second kappa shape index (κ2) is 6.59. The van der Waals surface area contributed by atoms with Crippen LogP contribution in [0.15, 0.2) is 65.1 Å². The van der Waals surface area contributed by atoms with Crippen molar-refractivity contribution >= 4 is 27.4 Å². The Hall–Kier alpha value is -2.63. The van der Waals surface area contributed by atoms with E-state index in [9.17, 15) is 0 Å². The van der Waals surface area contributed by atoms with Crippen LogP contribution in [0.3, 0.4) is 0 Å². The van der Waals surface area contributed by atoms with Gasteiger partial charge >= 0.3 is 0 Å². The van der Waals surface area contributed by atoms with Gasteiger partial charge in [-0.15, -0.1) is 11.3 Å². The van der Waals surface area contributed by atoms with Gasteiger partial charge in [0.05, 0.1) is 5.00 Å². The molecule has 0 aliphatic carbocycles. The van der Waals surface area contributed by atoms with Crippen molar-refractivity contribution < 1.29 is 4.42 Å². The van der Waals surface area contributed by atoms with Gasteiger partial charge in [-0.2, -0.15) is 0 Å². The number of thiophene rings is 1. The Bertz CT molecular complexity index is 996. The normalized spacial score (nSPS) is 14.8. The second-order valence-corrected chi connectivity index (χ2v) is 7.50. The molecule has 0 radical (unpaired) electrons. The third-order valence-electron chi connectivity index (χ3n) is 4.73. The summed E-state index contributed by atoms with van der Waals surface area (Å²) in [6, 6.07) is 20.8. The highest BCUT2D eigenvalue weighted by molar-refractivity contribution is 7.19. The molecule has 4 nitrogen and oxygen atoms in total. The summed E-state index contributed by atoms with van der Waals surface area (Å²) in [4.78, 5) is 8.32. The number of rotatable bonds is 3. The van der Waals surface area contributed by atoms with Crippen LogP contribution in [0.2, 0.25) is 0 Å². The number of nitrogens with zero attached hydrogens (tertiary/aromatic N) is 2. The average molecular weight is 361 g/mol. The van der Waals surface area contributed by atoms with Crippen molar-refractivity contribution in [2.24, 2.45) is 0 Å². The van der Waals surface area contributed by atoms with Gasteiger partial charge in [-0.25, -0.2) is 4.98 Å². The van der Waals surface area contributed by atoms with Crippen molar-refractivity contribution in [3.05, 3.63) is 60.7 Å². The minimum atomic E-state index is 0.672. The Morgan fingerprint density at radius 1 is 0.885 bits per heavy atom. The third-order valence-corrected chi connectivity index (χ3v) is 5.93. The number of hydrogen-bond donors (Lipinski definition) is 1. The fourth-order valence-corrected chi connectivity index (χ4v) is 4.37. The van der Waals surface area contributed by atoms with Crippen LogP contribution in [0.4, 0.5) is 5.00 Å². The van der Waals surface area contributed by atoms with Crippen LogP contribution in [-0.4, -0.2) is 31.2 Å². The highest BCUT2D eigenvalue weighted by Gasteiger charge is 2.13. The lowest BCUT2D eigenvalue weighted by Gasteiger charge is -2.27. The molecule has 130 valence electrons. The molecule has 0 atom stereocenters. The molecule has 3 heterocycles. The molecule has 1 aliphatic heterocycles. The summed E-state index contributed by atoms with van der Waals surface area (Å²) in [5.74, 6) is 0.672. The molecule has 4 aromatic rings. The number of fused-ring (bicyclic) bond motifs is 1. The maximum absolute atomic E-state index is 5.86. The molecule has 1 fully saturated rings. The van der Waals surface area contributed by atoms with Crippen LogP contribution in [0, 0.1) is 0 Å². The van der Waals surface area contributed by atoms with Gasteiger partial charge in [-0.05, 0) is 42.0 Å². The number of piperazine rings is 1. The van der Waals surface area contributed by atoms with Gasteiger partial charge in [-0.1, -0.05) is 24.3 Å². The van der Waals surface area contributed by atoms with Crippen molar-refractivity contribution in [2.75, 3.05) is 31.1 Å². The van der Waals surface area contributed by atoms with E-state index in [1.807, 2.05) is 35.6 Å². The van der Waals surface area contributed by atoms with Gasteiger partial charge in [0.15, 0.2) is 5.58 Å². The van der Waals surface area contributed by atoms with Gasteiger partial charge in [0, 0.05) is 36.6 Å². The molecule has 26 heavy (non-hydrogen) atoms. The van der Waals surface area contributed by atoms with Gasteiger partial charge in [0.25, 0.3) is 0 Å². The summed E-state index contributed by atoms with van der Waals surface area (Å²) in [6.07, 6.45) is 0. The molecule has 0 bridgehead atoms. The lowest BCUT2D eigenvalue weighted by Crippen LogP contribution is -2.43. The molecule has 0 spiro atoms. The molecular formula is C21H19N3OS. The first-order chi connectivity index (χ1) is 12.9. The van der Waals surface area contributed by atoms with Crippen molar-refractivity contribution in [1.82, 2.24) is 10.3 Å². The zero-order valence-electron chi connectivity index (χ0n) is 14.3. The molecule has 0 amide bonds. The van der Waals surface area contributed by atoms with E-state index >= 15 is 0 Å². The van der Waals surface area contributed by atoms with Crippen LogP contribution < -0.4 is 10.2 Å². The zero-order chi connectivity index (χ0) is 17.3. The second-order valence-electron chi connectivity index (χ2n) is 6.44. The van der Waals surface area contributed by atoms with Crippen molar-refractivity contribution in [2.45, 2.75) is 0 Å². The summed E-state index contributed by atoms with van der Waals surface area (Å²) in [6.45, 7) is 4.28. The minimum absolute atomic E-state index is 0.672. The van der Waals surface area contributed by atoms with Gasteiger partial charge in [0.2, 0.25) is 5.89 Å². The molecule has 2 aromatic heterocycles. The van der Waals surface area contributed by atoms with Crippen LogP contribution in [0.5, 0.6) is 0 Å². The number of hydrogen-bond acceptors (Lipinski definition) is 5. The lowest BCUT2D eigenvalue weighted by atomic mass is 10.1. The summed E-state index contributed by atoms with van der Waals surface area (Å²) < 4.78 is 5.86. The topological polar surface area (TPSA) is 41.3 Å². The number of para-hydroxylation sites is 2. The summed E-state index contributed by atoms with van der Waals surface area (Å²) in [5, 5.41) is 4.75. The molecule has 1 saturated heterocycles. The number of nitrogens with one attached hydrogen (secondary N) is 1. The van der Waals surface area contributed by atoms with E-state index in [2.05, 4.69) is 51.6 Å². The Morgan fingerprint density at radius 3 is 2.46 bits per heavy atom. The maximum Gasteiger partial charge on any atom is 0.227 e. The van der Waals surface area contributed by atoms with E-state index < -0.39 is 0 Å². The number of aromatic nitrogens is 1. The first kappa shape index (κ1) is 15.6. The fourth-order valence-electron chi connectivity index (χ4n) is 3.31. The first-order valence-electron chi connectivity index (χ1n) is 8.89. The van der Waals surface area contributed by atoms with Gasteiger partial charge < -0.3 is 14.6 Å². The van der Waals surface area contributed by atoms with Crippen LogP contribution in [0.25, 0.3) is 33.0 Å². The highest BCUT2D eigenvalue weighted by Crippen LogP contribution is 2.35. The third kappa shape index (κ3) is 2.89. The van der Waals surface area contributed by atoms with Gasteiger partial charge in [-0.3, -0.25) is 0 Å². The number of oxazole rings is 1. The van der Waals surface area contributed by atoms with E-state index in [1.54, 1.807) is 0 Å². The molecule has 0 unspecified atom stereocenters. The highest BCUT2D eigenvalue weighted by atomic mass is 32.1. The van der Waals surface area contributed by atoms with Gasteiger partial charge in [0.1, 0.15) is 5.52 Å². The van der Waals surface area contributed by atoms with Crippen molar-refractivity contribution in [3.8, 4) is 21.9 Å². The van der Waals surface area contributed by atoms with Crippen LogP contribution in [-0.2, 0) is 0 Å². The van der Waals surface area contributed by atoms with E-state index in [0.29, 0.717) is 5.89 Å². The summed E-state index contributed by atoms with van der Waals surface area (Å²) >= 11 is 1.86. The Morgan fingerprint density at radius 2 is 1.65 bits per heavy atom. The molecular weight excluding hydrogens is 342 g/mol. The zero-order valence-corrected chi connectivity index (χ0v) is 15.1. The largest absolute Gasteiger partial charge is 0.436 e. The van der Waals surface area contributed by atoms with E-state index in [1.165, 1.54) is 15.4 Å². The Balaban J connectivity index is 1.40. The Labute approximate surface area is 156 Å². The lowest BCUT2D eigenvalue weighted by molar-refractivity contribution is 0.592. The first-order valence-corrected chi connectivity index (χ1v) is 9.70. The van der Waals surface area contributed by atoms with Crippen LogP contribution in [0.1, 0.15) is 0 Å². The molecule has 2 aromatic carbocycles. The van der Waals surface area contributed by atoms with Crippen molar-refractivity contribution in [1.29, 1.82) is 0 Å². The van der Waals surface area contributed by atoms with E-state index in [-0.39, 0.29) is 0 Å². The Kier molecular flexibility index (Phi) is 3.96. The molecule has 0 saturated carbocycles. The molecule has 1 aliphatic rings. The van der Waals surface area contributed by atoms with Crippen LogP contribution >= 0.6 is 11.3 Å². The molecule has 1 N–H and O–H groups in total. The smallest absolute Gasteiger partial charge is 0.227 e. The molecule has 5 heteroatoms. The molecule has 5 rings (SSSR count). The average Bonchev–Trinajstić information content (AvgIpc) is 3.36. The minimum Gasteiger partial charge on any atom is -0.436 e. The van der Waals surface area contributed by atoms with E-state index in [0.717, 1.165) is 42.8 Å². The standard InChI is InChI=1S/C21H19N3OS/c1-2-4-18-17(3-1)23-21(25-18)16-7-5-15(6-8-16)19-9-10-20(26-19)24-13-11-22-12-14-24/h1-10,22H,11-14H2. The fraction of sp³-hybridized carbons (Fsp3) is 0.190. The van der Waals surface area contributed by atoms with Crippen molar-refractivity contribution in [3.63, 3.8) is 0 Å². The van der Waals surface area contributed by atoms with E-state index in [4.69, 9.17) is 4.42 Å². The maximum atomic E-state index is 5.86. The quantitative estimate of drug-likeness (QED) is 0.577. The monoisotopic (exact) mass is 361 g/mol. The summed E-state index contributed by atoms with van der Waals surface area (Å²) in [5.41, 5.74) is 3.95. The predicted molar refractivity (Wildman–Crippen MR) is 108 cm³/mol. The number of benzene rings is 2. The summed E-state index contributed by atoms with van der Waals surface area (Å²) in [7, 11) is 0. The number of anilines is 1.